The highest BCUT2D eigenvalue weighted by Crippen LogP contribution is 2.15. The Kier molecular flexibility index (Phi) is 2.30. The van der Waals surface area contributed by atoms with Gasteiger partial charge in [0.1, 0.15) is 11.6 Å². The fraction of sp³-hybridized carbons (Fsp3) is 0. The number of fused-ring (bicyclic) bond motifs is 1. The Labute approximate surface area is 85.3 Å². The van der Waals surface area contributed by atoms with Crippen LogP contribution < -0.4 is 11.2 Å². The second-order valence-corrected chi connectivity index (χ2v) is 3.20. The summed E-state index contributed by atoms with van der Waals surface area (Å²) in [6.07, 6.45) is 1.43. The molecule has 15 heavy (non-hydrogen) atoms. The van der Waals surface area contributed by atoms with Crippen molar-refractivity contribution in [2.45, 2.75) is 0 Å². The van der Waals surface area contributed by atoms with Crippen LogP contribution in [0, 0.1) is 5.82 Å². The van der Waals surface area contributed by atoms with E-state index in [1.165, 1.54) is 18.3 Å². The van der Waals surface area contributed by atoms with Crippen molar-refractivity contribution in [3.8, 4) is 0 Å². The zero-order chi connectivity index (χ0) is 11.0. The van der Waals surface area contributed by atoms with Crippen LogP contribution in [-0.4, -0.2) is 22.2 Å². The van der Waals surface area contributed by atoms with Crippen molar-refractivity contribution in [3.63, 3.8) is 0 Å². The number of hydrogen-bond donors (Lipinski definition) is 3. The summed E-state index contributed by atoms with van der Waals surface area (Å²) in [4.78, 5) is 3.81. The number of hydrogen-bond acceptors (Lipinski definition) is 4. The minimum Gasteiger partial charge on any atom is -0.423 e. The number of rotatable bonds is 1. The van der Waals surface area contributed by atoms with Gasteiger partial charge in [0.2, 0.25) is 0 Å². The molecule has 0 aliphatic rings. The molecule has 0 bridgehead atoms. The third kappa shape index (κ3) is 1.77. The highest BCUT2D eigenvalue weighted by molar-refractivity contribution is 6.59. The van der Waals surface area contributed by atoms with E-state index >= 15 is 0 Å². The average molecular weight is 206 g/mol. The fourth-order valence-electron chi connectivity index (χ4n) is 1.40. The van der Waals surface area contributed by atoms with Crippen LogP contribution in [0.25, 0.3) is 10.8 Å². The molecule has 0 saturated carbocycles. The molecule has 2 rings (SSSR count). The average Bonchev–Trinajstić information content (AvgIpc) is 2.17. The van der Waals surface area contributed by atoms with Gasteiger partial charge in [0.15, 0.2) is 0 Å². The van der Waals surface area contributed by atoms with Crippen molar-refractivity contribution in [1.82, 2.24) is 4.98 Å². The van der Waals surface area contributed by atoms with Crippen LogP contribution in [0.15, 0.2) is 24.4 Å². The van der Waals surface area contributed by atoms with Crippen molar-refractivity contribution in [2.24, 2.45) is 0 Å². The normalized spacial score (nSPS) is 10.6. The van der Waals surface area contributed by atoms with Crippen molar-refractivity contribution < 1.29 is 14.4 Å². The summed E-state index contributed by atoms with van der Waals surface area (Å²) in [6, 6.07) is 4.07. The van der Waals surface area contributed by atoms with Gasteiger partial charge in [-0.15, -0.1) is 0 Å². The summed E-state index contributed by atoms with van der Waals surface area (Å²) in [7, 11) is -1.83. The van der Waals surface area contributed by atoms with Crippen LogP contribution in [0.3, 0.4) is 0 Å². The minimum atomic E-state index is -1.83. The fourth-order valence-corrected chi connectivity index (χ4v) is 1.40. The molecule has 6 heteroatoms. The van der Waals surface area contributed by atoms with Crippen molar-refractivity contribution >= 4 is 29.2 Å². The maximum atomic E-state index is 13.3. The molecule has 0 radical (unpaired) electrons. The molecule has 76 valence electrons. The molecule has 0 unspecified atom stereocenters. The number of nitrogens with two attached hydrogens (primary N) is 1. The molecule has 1 aromatic carbocycles. The lowest BCUT2D eigenvalue weighted by Gasteiger charge is -2.04. The Hall–Kier alpha value is -1.66. The second kappa shape index (κ2) is 3.49. The molecule has 4 N–H and O–H groups in total. The van der Waals surface area contributed by atoms with E-state index in [1.54, 1.807) is 6.07 Å². The van der Waals surface area contributed by atoms with Gasteiger partial charge in [0, 0.05) is 17.0 Å². The molecule has 0 amide bonds. The second-order valence-electron chi connectivity index (χ2n) is 3.20. The molecular weight excluding hydrogens is 198 g/mol. The first-order valence-electron chi connectivity index (χ1n) is 4.29. The zero-order valence-electron chi connectivity index (χ0n) is 7.68. The molecule has 0 fully saturated rings. The van der Waals surface area contributed by atoms with Gasteiger partial charge in [-0.3, -0.25) is 0 Å². The predicted octanol–water partition coefficient (Wildman–Crippen LogP) is -0.364. The van der Waals surface area contributed by atoms with Crippen molar-refractivity contribution in [3.05, 3.63) is 30.2 Å². The molecular formula is C9H8BFN2O2. The summed E-state index contributed by atoms with van der Waals surface area (Å²) in [5, 5.41) is 19.0. The highest BCUT2D eigenvalue weighted by atomic mass is 19.1. The van der Waals surface area contributed by atoms with Crippen LogP contribution in [0.4, 0.5) is 10.2 Å². The van der Waals surface area contributed by atoms with E-state index in [4.69, 9.17) is 15.8 Å². The number of halogens is 1. The molecule has 1 aromatic heterocycles. The summed E-state index contributed by atoms with van der Waals surface area (Å²) >= 11 is 0. The van der Waals surface area contributed by atoms with Crippen molar-refractivity contribution in [2.75, 3.05) is 5.73 Å². The lowest BCUT2D eigenvalue weighted by Crippen LogP contribution is -2.32. The van der Waals surface area contributed by atoms with Crippen LogP contribution in [0.5, 0.6) is 0 Å². The molecule has 0 aliphatic carbocycles. The Bertz CT molecular complexity index is 519. The van der Waals surface area contributed by atoms with Crippen LogP contribution >= 0.6 is 0 Å². The minimum absolute atomic E-state index is 0.173. The monoisotopic (exact) mass is 206 g/mol. The smallest absolute Gasteiger partial charge is 0.423 e. The molecule has 1 heterocycles. The van der Waals surface area contributed by atoms with E-state index in [1.807, 2.05) is 0 Å². The first-order valence-corrected chi connectivity index (χ1v) is 4.29. The number of anilines is 1. The number of nitrogens with zero attached hydrogens (tertiary/aromatic N) is 1. The topological polar surface area (TPSA) is 79.4 Å². The Morgan fingerprint density at radius 2 is 1.93 bits per heavy atom. The van der Waals surface area contributed by atoms with Gasteiger partial charge < -0.3 is 15.8 Å². The van der Waals surface area contributed by atoms with Gasteiger partial charge in [-0.05, 0) is 17.5 Å². The number of nitrogen functional groups attached to an aromatic ring is 1. The molecule has 4 nitrogen and oxygen atoms in total. The number of benzene rings is 1. The first kappa shape index (κ1) is 9.88. The molecule has 0 saturated heterocycles. The SMILES string of the molecule is Nc1cc2cc(B(O)O)c(F)cc2cn1. The van der Waals surface area contributed by atoms with Crippen LogP contribution in [-0.2, 0) is 0 Å². The van der Waals surface area contributed by atoms with E-state index in [-0.39, 0.29) is 5.46 Å². The Balaban J connectivity index is 2.72. The largest absolute Gasteiger partial charge is 0.491 e. The summed E-state index contributed by atoms with van der Waals surface area (Å²) < 4.78 is 13.3. The molecule has 2 aromatic rings. The summed E-state index contributed by atoms with van der Waals surface area (Å²) in [6.45, 7) is 0. The lowest BCUT2D eigenvalue weighted by molar-refractivity contribution is 0.423. The van der Waals surface area contributed by atoms with E-state index in [0.717, 1.165) is 0 Å². The van der Waals surface area contributed by atoms with Gasteiger partial charge >= 0.3 is 7.12 Å². The number of aromatic nitrogens is 1. The molecule has 0 atom stereocenters. The number of pyridine rings is 1. The van der Waals surface area contributed by atoms with E-state index < -0.39 is 12.9 Å². The van der Waals surface area contributed by atoms with Gasteiger partial charge in [-0.1, -0.05) is 6.07 Å². The summed E-state index contributed by atoms with van der Waals surface area (Å²) in [5.74, 6) is -0.378. The Morgan fingerprint density at radius 1 is 1.20 bits per heavy atom. The lowest BCUT2D eigenvalue weighted by atomic mass is 9.79. The van der Waals surface area contributed by atoms with Crippen LogP contribution in [0.2, 0.25) is 0 Å². The Morgan fingerprint density at radius 3 is 2.60 bits per heavy atom. The van der Waals surface area contributed by atoms with E-state index in [2.05, 4.69) is 4.98 Å². The third-order valence-electron chi connectivity index (χ3n) is 2.14. The van der Waals surface area contributed by atoms with Gasteiger partial charge in [-0.25, -0.2) is 9.37 Å². The standard InChI is InChI=1S/C9H8BFN2O2/c11-8-2-6-4-13-9(12)3-5(6)1-7(8)10(14)15/h1-4,14-15H,(H2,12,13). The third-order valence-corrected chi connectivity index (χ3v) is 2.14. The maximum absolute atomic E-state index is 13.3. The predicted molar refractivity (Wildman–Crippen MR) is 55.9 cm³/mol. The quantitative estimate of drug-likeness (QED) is 0.556. The molecule has 0 spiro atoms. The molecule has 0 aliphatic heterocycles. The van der Waals surface area contributed by atoms with Crippen LogP contribution in [0.1, 0.15) is 0 Å². The summed E-state index contributed by atoms with van der Waals surface area (Å²) in [5.41, 5.74) is 5.29. The van der Waals surface area contributed by atoms with E-state index in [0.29, 0.717) is 16.6 Å². The van der Waals surface area contributed by atoms with Crippen molar-refractivity contribution in [1.29, 1.82) is 0 Å². The first-order chi connectivity index (χ1) is 7.08. The van der Waals surface area contributed by atoms with Gasteiger partial charge in [-0.2, -0.15) is 0 Å². The van der Waals surface area contributed by atoms with Gasteiger partial charge in [0.05, 0.1) is 0 Å². The maximum Gasteiger partial charge on any atom is 0.491 e. The van der Waals surface area contributed by atoms with E-state index in [9.17, 15) is 4.39 Å². The highest BCUT2D eigenvalue weighted by Gasteiger charge is 2.17. The van der Waals surface area contributed by atoms with Gasteiger partial charge in [0.25, 0.3) is 0 Å². The zero-order valence-corrected chi connectivity index (χ0v) is 7.68.